The minimum Gasteiger partial charge on any atom is -0.470 e. The molecule has 1 radical (unpaired) electrons. The first kappa shape index (κ1) is 6.83. The first-order valence-electron chi connectivity index (χ1n) is 2.36. The van der Waals surface area contributed by atoms with Crippen molar-refractivity contribution in [1.82, 2.24) is 4.98 Å². The molecule has 4 heteroatoms. The van der Waals surface area contributed by atoms with Gasteiger partial charge in [0.05, 0.1) is 6.61 Å². The molecule has 0 aliphatic heterocycles. The molecule has 0 amide bonds. The van der Waals surface area contributed by atoms with Crippen molar-refractivity contribution in [1.29, 1.82) is 0 Å². The van der Waals surface area contributed by atoms with Crippen molar-refractivity contribution in [2.75, 3.05) is 6.61 Å². The molecule has 0 spiro atoms. The van der Waals surface area contributed by atoms with Crippen LogP contribution in [0.4, 0.5) is 0 Å². The highest BCUT2D eigenvalue weighted by atomic mass is 35.5. The van der Waals surface area contributed by atoms with Gasteiger partial charge in [0, 0.05) is 5.38 Å². The molecule has 0 atom stereocenters. The summed E-state index contributed by atoms with van der Waals surface area (Å²) in [5.41, 5.74) is 0. The second-order valence-electron chi connectivity index (χ2n) is 1.28. The highest BCUT2D eigenvalue weighted by molar-refractivity contribution is 7.11. The van der Waals surface area contributed by atoms with Crippen LogP contribution in [-0.2, 0) is 0 Å². The predicted molar refractivity (Wildman–Crippen MR) is 38.0 cm³/mol. The molecule has 1 heterocycles. The Hall–Kier alpha value is -0.280. The van der Waals surface area contributed by atoms with Gasteiger partial charge in [-0.25, -0.2) is 0 Å². The van der Waals surface area contributed by atoms with E-state index in [0.29, 0.717) is 17.0 Å². The zero-order valence-corrected chi connectivity index (χ0v) is 6.21. The van der Waals surface area contributed by atoms with Gasteiger partial charge in [0.15, 0.2) is 0 Å². The lowest BCUT2D eigenvalue weighted by Gasteiger charge is -1.91. The standard InChI is InChI=1S/C5H5ClNOS/c1-2-8-5-7-4(6)3-9-5/h3H,1-2H2. The molecule has 9 heavy (non-hydrogen) atoms. The van der Waals surface area contributed by atoms with Crippen molar-refractivity contribution in [3.8, 4) is 5.19 Å². The fraction of sp³-hybridized carbons (Fsp3) is 0.200. The molecule has 0 aliphatic rings. The molecule has 0 bridgehead atoms. The van der Waals surface area contributed by atoms with Crippen LogP contribution >= 0.6 is 22.9 Å². The maximum Gasteiger partial charge on any atom is 0.274 e. The zero-order chi connectivity index (χ0) is 6.69. The predicted octanol–water partition coefficient (Wildman–Crippen LogP) is 2.01. The van der Waals surface area contributed by atoms with E-state index in [4.69, 9.17) is 16.3 Å². The summed E-state index contributed by atoms with van der Waals surface area (Å²) in [7, 11) is 0. The number of nitrogens with zero attached hydrogens (tertiary/aromatic N) is 1. The molecule has 0 N–H and O–H groups in total. The summed E-state index contributed by atoms with van der Waals surface area (Å²) in [4.78, 5) is 3.82. The molecule has 0 aromatic carbocycles. The van der Waals surface area contributed by atoms with Crippen LogP contribution in [0.25, 0.3) is 0 Å². The molecule has 2 nitrogen and oxygen atoms in total. The second kappa shape index (κ2) is 3.03. The second-order valence-corrected chi connectivity index (χ2v) is 2.49. The Bertz CT molecular complexity index is 189. The van der Waals surface area contributed by atoms with E-state index in [1.165, 1.54) is 11.3 Å². The van der Waals surface area contributed by atoms with Gasteiger partial charge >= 0.3 is 0 Å². The maximum absolute atomic E-state index is 5.50. The van der Waals surface area contributed by atoms with Crippen molar-refractivity contribution in [2.24, 2.45) is 0 Å². The highest BCUT2D eigenvalue weighted by Gasteiger charge is 1.96. The Morgan fingerprint density at radius 1 is 1.89 bits per heavy atom. The molecule has 0 unspecified atom stereocenters. The van der Waals surface area contributed by atoms with Crippen LogP contribution in [0.2, 0.25) is 5.15 Å². The van der Waals surface area contributed by atoms with Gasteiger partial charge in [-0.3, -0.25) is 0 Å². The van der Waals surface area contributed by atoms with Crippen LogP contribution in [0.15, 0.2) is 5.38 Å². The lowest BCUT2D eigenvalue weighted by atomic mass is 10.9. The Morgan fingerprint density at radius 2 is 2.67 bits per heavy atom. The average molecular weight is 163 g/mol. The Morgan fingerprint density at radius 3 is 3.11 bits per heavy atom. The van der Waals surface area contributed by atoms with E-state index < -0.39 is 0 Å². The number of aromatic nitrogens is 1. The summed E-state index contributed by atoms with van der Waals surface area (Å²) in [6, 6.07) is 0. The van der Waals surface area contributed by atoms with Gasteiger partial charge in [-0.2, -0.15) is 4.98 Å². The van der Waals surface area contributed by atoms with Crippen molar-refractivity contribution < 1.29 is 4.74 Å². The largest absolute Gasteiger partial charge is 0.470 e. The molecule has 0 fully saturated rings. The number of ether oxygens (including phenoxy) is 1. The lowest BCUT2D eigenvalue weighted by molar-refractivity contribution is 0.359. The minimum absolute atomic E-state index is 0.393. The van der Waals surface area contributed by atoms with Gasteiger partial charge < -0.3 is 4.74 Å². The molecule has 1 aromatic heterocycles. The van der Waals surface area contributed by atoms with Gasteiger partial charge in [-0.15, -0.1) is 0 Å². The minimum atomic E-state index is 0.393. The summed E-state index contributed by atoms with van der Waals surface area (Å²) in [5, 5.41) is 2.77. The van der Waals surface area contributed by atoms with Crippen molar-refractivity contribution in [3.63, 3.8) is 0 Å². The Labute approximate surface area is 62.4 Å². The van der Waals surface area contributed by atoms with Gasteiger partial charge in [0.25, 0.3) is 5.19 Å². The van der Waals surface area contributed by atoms with Gasteiger partial charge in [0.1, 0.15) is 5.15 Å². The topological polar surface area (TPSA) is 22.1 Å². The highest BCUT2D eigenvalue weighted by Crippen LogP contribution is 2.20. The average Bonchev–Trinajstić information content (AvgIpc) is 2.17. The fourth-order valence-electron chi connectivity index (χ4n) is 0.393. The van der Waals surface area contributed by atoms with E-state index in [9.17, 15) is 0 Å². The third-order valence-corrected chi connectivity index (χ3v) is 1.76. The Kier molecular flexibility index (Phi) is 2.30. The van der Waals surface area contributed by atoms with Crippen LogP contribution in [0, 0.1) is 6.92 Å². The molecule has 1 rings (SSSR count). The van der Waals surface area contributed by atoms with Gasteiger partial charge in [-0.1, -0.05) is 22.9 Å². The van der Waals surface area contributed by atoms with E-state index in [-0.39, 0.29) is 0 Å². The normalized spacial score (nSPS) is 9.56. The third kappa shape index (κ3) is 1.84. The van der Waals surface area contributed by atoms with Gasteiger partial charge in [0.2, 0.25) is 0 Å². The van der Waals surface area contributed by atoms with E-state index in [1.807, 2.05) is 0 Å². The summed E-state index contributed by atoms with van der Waals surface area (Å²) in [6.45, 7) is 3.88. The molecule has 49 valence electrons. The van der Waals surface area contributed by atoms with Crippen molar-refractivity contribution in [3.05, 3.63) is 17.5 Å². The monoisotopic (exact) mass is 162 g/mol. The Balaban J connectivity index is 2.61. The van der Waals surface area contributed by atoms with Crippen LogP contribution in [0.3, 0.4) is 0 Å². The van der Waals surface area contributed by atoms with Crippen LogP contribution < -0.4 is 4.74 Å². The molecule has 0 saturated carbocycles. The van der Waals surface area contributed by atoms with Gasteiger partial charge in [-0.05, 0) is 6.92 Å². The number of hydrogen-bond acceptors (Lipinski definition) is 3. The van der Waals surface area contributed by atoms with Crippen LogP contribution in [0.1, 0.15) is 0 Å². The quantitative estimate of drug-likeness (QED) is 0.664. The molecular formula is C5H5ClNOS. The van der Waals surface area contributed by atoms with E-state index in [1.54, 1.807) is 5.38 Å². The van der Waals surface area contributed by atoms with Crippen molar-refractivity contribution in [2.45, 2.75) is 0 Å². The SMILES string of the molecule is [CH2]COc1nc(Cl)cs1. The first-order valence-corrected chi connectivity index (χ1v) is 3.62. The van der Waals surface area contributed by atoms with Crippen LogP contribution in [0.5, 0.6) is 5.19 Å². The third-order valence-electron chi connectivity index (χ3n) is 0.681. The molecule has 1 aromatic rings. The number of hydrogen-bond donors (Lipinski definition) is 0. The zero-order valence-electron chi connectivity index (χ0n) is 4.63. The number of halogens is 1. The number of thiazole rings is 1. The molecular weight excluding hydrogens is 158 g/mol. The first-order chi connectivity index (χ1) is 4.33. The maximum atomic E-state index is 5.50. The van der Waals surface area contributed by atoms with E-state index in [0.717, 1.165) is 0 Å². The van der Waals surface area contributed by atoms with E-state index in [2.05, 4.69) is 11.9 Å². The number of rotatable bonds is 2. The fourth-order valence-corrected chi connectivity index (χ4v) is 1.21. The smallest absolute Gasteiger partial charge is 0.274 e. The lowest BCUT2D eigenvalue weighted by Crippen LogP contribution is -1.89. The summed E-state index contributed by atoms with van der Waals surface area (Å²) in [5.74, 6) is 0. The molecule has 0 saturated heterocycles. The molecule has 0 aliphatic carbocycles. The van der Waals surface area contributed by atoms with Crippen molar-refractivity contribution >= 4 is 22.9 Å². The van der Waals surface area contributed by atoms with E-state index >= 15 is 0 Å². The van der Waals surface area contributed by atoms with Crippen LogP contribution in [-0.4, -0.2) is 11.6 Å². The summed E-state index contributed by atoms with van der Waals surface area (Å²) in [6.07, 6.45) is 0. The summed E-state index contributed by atoms with van der Waals surface area (Å²) >= 11 is 6.86. The summed E-state index contributed by atoms with van der Waals surface area (Å²) < 4.78 is 4.94.